The minimum Gasteiger partial charge on any atom is -0.465 e. The number of nitrogens with one attached hydrogen (secondary N) is 1. The zero-order chi connectivity index (χ0) is 15.9. The highest BCUT2D eigenvalue weighted by Crippen LogP contribution is 2.15. The van der Waals surface area contributed by atoms with E-state index in [9.17, 15) is 4.79 Å². The molecule has 0 spiro atoms. The molecule has 1 unspecified atom stereocenters. The van der Waals surface area contributed by atoms with Gasteiger partial charge in [-0.05, 0) is 47.3 Å². The topological polar surface area (TPSA) is 59.4 Å². The maximum absolute atomic E-state index is 12.0. The van der Waals surface area contributed by atoms with Gasteiger partial charge in [-0.15, -0.1) is 0 Å². The van der Waals surface area contributed by atoms with Gasteiger partial charge in [-0.25, -0.2) is 4.98 Å². The zero-order valence-corrected chi connectivity index (χ0v) is 13.8. The van der Waals surface area contributed by atoms with Crippen LogP contribution >= 0.6 is 0 Å². The first-order chi connectivity index (χ1) is 9.92. The zero-order valence-electron chi connectivity index (χ0n) is 13.8. The van der Waals surface area contributed by atoms with Gasteiger partial charge in [-0.1, -0.05) is 0 Å². The smallest absolute Gasteiger partial charge is 0.326 e. The van der Waals surface area contributed by atoms with Gasteiger partial charge in [-0.2, -0.15) is 0 Å². The van der Waals surface area contributed by atoms with E-state index in [-0.39, 0.29) is 5.97 Å². The van der Waals surface area contributed by atoms with Crippen molar-refractivity contribution in [3.63, 3.8) is 0 Å². The van der Waals surface area contributed by atoms with Gasteiger partial charge in [0.25, 0.3) is 0 Å². The van der Waals surface area contributed by atoms with Crippen molar-refractivity contribution in [1.29, 1.82) is 0 Å². The molecule has 0 saturated carbocycles. The van der Waals surface area contributed by atoms with E-state index >= 15 is 0 Å². The summed E-state index contributed by atoms with van der Waals surface area (Å²) in [6.07, 6.45) is 5.41. The molecule has 1 atom stereocenters. The van der Waals surface area contributed by atoms with Crippen molar-refractivity contribution in [2.45, 2.75) is 38.8 Å². The molecule has 1 N–H and O–H groups in total. The summed E-state index contributed by atoms with van der Waals surface area (Å²) in [6, 6.07) is 0. The second kappa shape index (κ2) is 8.14. The number of ether oxygens (including phenoxy) is 1. The molecular weight excluding hydrogens is 268 g/mol. The average molecular weight is 296 g/mol. The largest absolute Gasteiger partial charge is 0.465 e. The summed E-state index contributed by atoms with van der Waals surface area (Å²) in [4.78, 5) is 18.5. The summed E-state index contributed by atoms with van der Waals surface area (Å²) in [5, 5.41) is 3.08. The van der Waals surface area contributed by atoms with Gasteiger partial charge in [-0.3, -0.25) is 9.69 Å². The number of nitrogens with zero attached hydrogens (tertiary/aromatic N) is 3. The van der Waals surface area contributed by atoms with Crippen LogP contribution in [0.1, 0.15) is 32.5 Å². The number of carbonyl (C=O) groups excluding carboxylic acids is 1. The molecule has 21 heavy (non-hydrogen) atoms. The molecule has 6 nitrogen and oxygen atoms in total. The Kier molecular flexibility index (Phi) is 6.84. The van der Waals surface area contributed by atoms with Crippen LogP contribution in [0.15, 0.2) is 12.4 Å². The number of aromatic nitrogens is 2. The SMILES string of the molecule is CCOC(=O)C(C)(CCCN(C)Cc1nccn1C)NC. The van der Waals surface area contributed by atoms with Crippen molar-refractivity contribution >= 4 is 5.97 Å². The molecule has 0 aliphatic carbocycles. The predicted octanol–water partition coefficient (Wildman–Crippen LogP) is 1.17. The molecule has 0 radical (unpaired) electrons. The van der Waals surface area contributed by atoms with Gasteiger partial charge in [0.15, 0.2) is 0 Å². The second-order valence-corrected chi connectivity index (χ2v) is 5.60. The van der Waals surface area contributed by atoms with Crippen molar-refractivity contribution in [2.24, 2.45) is 7.05 Å². The van der Waals surface area contributed by atoms with E-state index in [1.165, 1.54) is 0 Å². The maximum atomic E-state index is 12.0. The lowest BCUT2D eigenvalue weighted by atomic mass is 9.96. The van der Waals surface area contributed by atoms with Crippen LogP contribution < -0.4 is 5.32 Å². The van der Waals surface area contributed by atoms with Crippen LogP contribution in [-0.2, 0) is 23.1 Å². The van der Waals surface area contributed by atoms with E-state index in [0.717, 1.165) is 31.8 Å². The van der Waals surface area contributed by atoms with Gasteiger partial charge >= 0.3 is 5.97 Å². The van der Waals surface area contributed by atoms with Crippen molar-refractivity contribution < 1.29 is 9.53 Å². The summed E-state index contributed by atoms with van der Waals surface area (Å²) in [6.45, 7) is 5.84. The van der Waals surface area contributed by atoms with Crippen molar-refractivity contribution in [3.05, 3.63) is 18.2 Å². The number of aryl methyl sites for hydroxylation is 1. The highest BCUT2D eigenvalue weighted by molar-refractivity contribution is 5.80. The molecule has 0 amide bonds. The molecule has 6 heteroatoms. The molecule has 1 aromatic rings. The van der Waals surface area contributed by atoms with Gasteiger partial charge in [0.05, 0.1) is 13.2 Å². The molecule has 1 aromatic heterocycles. The highest BCUT2D eigenvalue weighted by atomic mass is 16.5. The Bertz CT molecular complexity index is 447. The molecule has 0 bridgehead atoms. The quantitative estimate of drug-likeness (QED) is 0.693. The Morgan fingerprint density at radius 1 is 1.57 bits per heavy atom. The number of hydrogen-bond donors (Lipinski definition) is 1. The lowest BCUT2D eigenvalue weighted by molar-refractivity contribution is -0.150. The van der Waals surface area contributed by atoms with E-state index in [1.54, 1.807) is 7.05 Å². The van der Waals surface area contributed by atoms with Crippen molar-refractivity contribution in [2.75, 3.05) is 27.2 Å². The first-order valence-corrected chi connectivity index (χ1v) is 7.43. The lowest BCUT2D eigenvalue weighted by Gasteiger charge is -2.27. The van der Waals surface area contributed by atoms with Crippen LogP contribution in [0.2, 0.25) is 0 Å². The molecule has 1 rings (SSSR count). The molecule has 120 valence electrons. The fraction of sp³-hybridized carbons (Fsp3) is 0.733. The van der Waals surface area contributed by atoms with E-state index in [4.69, 9.17) is 4.74 Å². The molecule has 0 aliphatic heterocycles. The lowest BCUT2D eigenvalue weighted by Crippen LogP contribution is -2.49. The standard InChI is InChI=1S/C15H28N4O2/c1-6-21-14(20)15(2,16-3)8-7-10-18(4)12-13-17-9-11-19(13)5/h9,11,16H,6-8,10,12H2,1-5H3. The van der Waals surface area contributed by atoms with Crippen LogP contribution in [0.25, 0.3) is 0 Å². The Morgan fingerprint density at radius 3 is 2.81 bits per heavy atom. The van der Waals surface area contributed by atoms with E-state index in [2.05, 4.69) is 22.2 Å². The Balaban J connectivity index is 2.40. The predicted molar refractivity (Wildman–Crippen MR) is 82.9 cm³/mol. The van der Waals surface area contributed by atoms with Crippen LogP contribution in [0.3, 0.4) is 0 Å². The van der Waals surface area contributed by atoms with E-state index < -0.39 is 5.54 Å². The number of carbonyl (C=O) groups is 1. The molecular formula is C15H28N4O2. The highest BCUT2D eigenvalue weighted by Gasteiger charge is 2.32. The Hall–Kier alpha value is -1.40. The number of rotatable bonds is 9. The third-order valence-corrected chi connectivity index (χ3v) is 3.83. The number of hydrogen-bond acceptors (Lipinski definition) is 5. The van der Waals surface area contributed by atoms with Crippen LogP contribution in [0, 0.1) is 0 Å². The second-order valence-electron chi connectivity index (χ2n) is 5.60. The van der Waals surface area contributed by atoms with Crippen LogP contribution in [0.5, 0.6) is 0 Å². The molecule has 0 aromatic carbocycles. The normalized spacial score (nSPS) is 14.2. The first-order valence-electron chi connectivity index (χ1n) is 7.43. The summed E-state index contributed by atoms with van der Waals surface area (Å²) >= 11 is 0. The van der Waals surface area contributed by atoms with E-state index in [0.29, 0.717) is 6.61 Å². The van der Waals surface area contributed by atoms with Gasteiger partial charge < -0.3 is 14.6 Å². The summed E-state index contributed by atoms with van der Waals surface area (Å²) in [5.74, 6) is 0.860. The number of likely N-dealkylation sites (N-methyl/N-ethyl adjacent to an activating group) is 1. The monoisotopic (exact) mass is 296 g/mol. The summed E-state index contributed by atoms with van der Waals surface area (Å²) < 4.78 is 7.15. The fourth-order valence-corrected chi connectivity index (χ4v) is 2.19. The molecule has 1 heterocycles. The van der Waals surface area contributed by atoms with Crippen molar-refractivity contribution in [1.82, 2.24) is 19.8 Å². The Morgan fingerprint density at radius 2 is 2.29 bits per heavy atom. The average Bonchev–Trinajstić information content (AvgIpc) is 2.84. The maximum Gasteiger partial charge on any atom is 0.326 e. The van der Waals surface area contributed by atoms with Crippen molar-refractivity contribution in [3.8, 4) is 0 Å². The van der Waals surface area contributed by atoms with Gasteiger partial charge in [0.2, 0.25) is 0 Å². The summed E-state index contributed by atoms with van der Waals surface area (Å²) in [7, 11) is 5.86. The first kappa shape index (κ1) is 17.7. The van der Waals surface area contributed by atoms with Crippen LogP contribution in [0.4, 0.5) is 0 Å². The molecule has 0 aliphatic rings. The number of imidazole rings is 1. The molecule has 0 saturated heterocycles. The minimum atomic E-state index is -0.611. The van der Waals surface area contributed by atoms with Gasteiger partial charge in [0, 0.05) is 19.4 Å². The fourth-order valence-electron chi connectivity index (χ4n) is 2.19. The molecule has 0 fully saturated rings. The third kappa shape index (κ3) is 5.13. The van der Waals surface area contributed by atoms with Gasteiger partial charge in [0.1, 0.15) is 11.4 Å². The minimum absolute atomic E-state index is 0.181. The van der Waals surface area contributed by atoms with E-state index in [1.807, 2.05) is 37.9 Å². The summed E-state index contributed by atoms with van der Waals surface area (Å²) in [5.41, 5.74) is -0.611. The third-order valence-electron chi connectivity index (χ3n) is 3.83. The Labute approximate surface area is 127 Å². The van der Waals surface area contributed by atoms with Crippen LogP contribution in [-0.4, -0.2) is 53.2 Å². The number of esters is 1.